The van der Waals surface area contributed by atoms with Crippen LogP contribution in [-0.2, 0) is 29.2 Å². The Hall–Kier alpha value is -2.84. The molecular weight excluding hydrogens is 473 g/mol. The molecule has 5 rings (SSSR count). The average Bonchev–Trinajstić information content (AvgIpc) is 3.00. The molecule has 184 valence electrons. The predicted octanol–water partition coefficient (Wildman–Crippen LogP) is 6.00. The van der Waals surface area contributed by atoms with Crippen molar-refractivity contribution in [2.24, 2.45) is 5.92 Å². The van der Waals surface area contributed by atoms with Crippen LogP contribution in [-0.4, -0.2) is 25.8 Å². The molecule has 0 bridgehead atoms. The van der Waals surface area contributed by atoms with E-state index in [1.807, 2.05) is 24.3 Å². The molecule has 1 aliphatic heterocycles. The first-order chi connectivity index (χ1) is 16.7. The maximum Gasteiger partial charge on any atom is 0.416 e. The van der Waals surface area contributed by atoms with Crippen molar-refractivity contribution in [3.63, 3.8) is 0 Å². The van der Waals surface area contributed by atoms with E-state index in [0.29, 0.717) is 19.5 Å². The first kappa shape index (κ1) is 23.9. The van der Waals surface area contributed by atoms with Crippen molar-refractivity contribution >= 4 is 15.9 Å². The van der Waals surface area contributed by atoms with Crippen LogP contribution in [0.5, 0.6) is 0 Å². The lowest BCUT2D eigenvalue weighted by Crippen LogP contribution is -2.44. The molecule has 2 aliphatic rings. The molecule has 0 spiro atoms. The third-order valence-corrected chi connectivity index (χ3v) is 8.62. The van der Waals surface area contributed by atoms with Gasteiger partial charge in [-0.1, -0.05) is 54.6 Å². The molecule has 1 unspecified atom stereocenters. The summed E-state index contributed by atoms with van der Waals surface area (Å²) in [6.45, 7) is 0.641. The zero-order chi connectivity index (χ0) is 24.6. The van der Waals surface area contributed by atoms with Crippen molar-refractivity contribution in [2.75, 3.05) is 17.8 Å². The summed E-state index contributed by atoms with van der Waals surface area (Å²) in [5, 5.41) is 0. The Balaban J connectivity index is 1.44. The summed E-state index contributed by atoms with van der Waals surface area (Å²) in [5.74, 6) is 0.124. The van der Waals surface area contributed by atoms with E-state index in [4.69, 9.17) is 0 Å². The minimum absolute atomic E-state index is 0.0576. The molecule has 4 nitrogen and oxygen atoms in total. The normalized spacial score (nSPS) is 19.5. The second-order valence-electron chi connectivity index (χ2n) is 9.32. The molecule has 1 saturated heterocycles. The second-order valence-corrected chi connectivity index (χ2v) is 11.0. The molecule has 0 amide bonds. The first-order valence-corrected chi connectivity index (χ1v) is 13.3. The molecule has 0 saturated carbocycles. The van der Waals surface area contributed by atoms with Crippen LogP contribution in [0.3, 0.4) is 0 Å². The fraction of sp³-hybridized carbons (Fsp3) is 0.333. The molecule has 3 aromatic carbocycles. The molecular formula is C27H27F3N2O2S. The van der Waals surface area contributed by atoms with Crippen molar-refractivity contribution in [3.8, 4) is 0 Å². The summed E-state index contributed by atoms with van der Waals surface area (Å²) < 4.78 is 69.5. The van der Waals surface area contributed by atoms with E-state index in [2.05, 4.69) is 29.0 Å². The number of halogens is 3. The van der Waals surface area contributed by atoms with E-state index in [0.717, 1.165) is 31.4 Å². The van der Waals surface area contributed by atoms with Crippen LogP contribution in [0.15, 0.2) is 72.8 Å². The molecule has 35 heavy (non-hydrogen) atoms. The van der Waals surface area contributed by atoms with Crippen LogP contribution in [0, 0.1) is 5.92 Å². The molecule has 1 N–H and O–H groups in total. The van der Waals surface area contributed by atoms with Crippen LogP contribution < -0.4 is 4.72 Å². The third kappa shape index (κ3) is 4.95. The number of benzene rings is 3. The standard InChI is InChI=1S/C27H27F3N2O2S/c28-27(29,30)22-10-5-11-23(17-22)31-35(33,34)32-16-6-9-21(18-32)26-24-12-3-1-7-19(24)14-15-20-8-2-4-13-25(20)26/h1-5,7-8,10-13,17,21,26,31H,6,9,14-16,18H2. The quantitative estimate of drug-likeness (QED) is 0.477. The Bertz CT molecular complexity index is 1280. The number of nitrogens with one attached hydrogen (secondary N) is 1. The highest BCUT2D eigenvalue weighted by molar-refractivity contribution is 7.90. The first-order valence-electron chi connectivity index (χ1n) is 11.8. The Labute approximate surface area is 204 Å². The molecule has 3 aromatic rings. The van der Waals surface area contributed by atoms with Gasteiger partial charge >= 0.3 is 16.4 Å². The predicted molar refractivity (Wildman–Crippen MR) is 130 cm³/mol. The van der Waals surface area contributed by atoms with Crippen molar-refractivity contribution in [1.82, 2.24) is 4.31 Å². The van der Waals surface area contributed by atoms with Gasteiger partial charge in [0.05, 0.1) is 11.3 Å². The SMILES string of the molecule is O=S(=O)(Nc1cccc(C(F)(F)F)c1)N1CCCC(C2c3ccccc3CCc3ccccc32)C1. The summed E-state index contributed by atoms with van der Waals surface area (Å²) in [6.07, 6.45) is -1.10. The van der Waals surface area contributed by atoms with Crippen molar-refractivity contribution in [3.05, 3.63) is 101 Å². The van der Waals surface area contributed by atoms with Gasteiger partial charge in [0.2, 0.25) is 0 Å². The van der Waals surface area contributed by atoms with E-state index in [1.54, 1.807) is 0 Å². The summed E-state index contributed by atoms with van der Waals surface area (Å²) in [4.78, 5) is 0. The van der Waals surface area contributed by atoms with Gasteiger partial charge in [-0.25, -0.2) is 0 Å². The Morgan fingerprint density at radius 2 is 1.49 bits per heavy atom. The van der Waals surface area contributed by atoms with Gasteiger partial charge < -0.3 is 0 Å². The zero-order valence-electron chi connectivity index (χ0n) is 19.1. The van der Waals surface area contributed by atoms with Gasteiger partial charge in [0, 0.05) is 19.0 Å². The third-order valence-electron chi connectivity index (χ3n) is 7.11. The van der Waals surface area contributed by atoms with Gasteiger partial charge in [-0.3, -0.25) is 4.72 Å². The second kappa shape index (κ2) is 9.32. The van der Waals surface area contributed by atoms with E-state index in [1.165, 1.54) is 38.7 Å². The van der Waals surface area contributed by atoms with Crippen LogP contribution in [0.25, 0.3) is 0 Å². The summed E-state index contributed by atoms with van der Waals surface area (Å²) >= 11 is 0. The fourth-order valence-corrected chi connectivity index (χ4v) is 6.82. The lowest BCUT2D eigenvalue weighted by Gasteiger charge is -2.37. The molecule has 1 aliphatic carbocycles. The monoisotopic (exact) mass is 500 g/mol. The molecule has 0 aromatic heterocycles. The number of aryl methyl sites for hydroxylation is 2. The van der Waals surface area contributed by atoms with Gasteiger partial charge in [0.15, 0.2) is 0 Å². The molecule has 1 fully saturated rings. The Kier molecular flexibility index (Phi) is 6.36. The van der Waals surface area contributed by atoms with Gasteiger partial charge in [-0.15, -0.1) is 0 Å². The number of hydrogen-bond donors (Lipinski definition) is 1. The summed E-state index contributed by atoms with van der Waals surface area (Å²) in [7, 11) is -4.02. The van der Waals surface area contributed by atoms with E-state index < -0.39 is 21.9 Å². The largest absolute Gasteiger partial charge is 0.416 e. The molecule has 0 radical (unpaired) electrons. The summed E-state index contributed by atoms with van der Waals surface area (Å²) in [6, 6.07) is 21.1. The summed E-state index contributed by atoms with van der Waals surface area (Å²) in [5.41, 5.74) is 4.08. The van der Waals surface area contributed by atoms with Crippen LogP contribution in [0.1, 0.15) is 46.6 Å². The van der Waals surface area contributed by atoms with Crippen LogP contribution in [0.2, 0.25) is 0 Å². The number of rotatable bonds is 4. The number of piperidine rings is 1. The smallest absolute Gasteiger partial charge is 0.271 e. The maximum atomic E-state index is 13.2. The maximum absolute atomic E-state index is 13.2. The highest BCUT2D eigenvalue weighted by Crippen LogP contribution is 2.42. The zero-order valence-corrected chi connectivity index (χ0v) is 19.9. The Morgan fingerprint density at radius 3 is 2.11 bits per heavy atom. The number of alkyl halides is 3. The fourth-order valence-electron chi connectivity index (χ4n) is 5.51. The number of anilines is 1. The highest BCUT2D eigenvalue weighted by Gasteiger charge is 2.37. The Morgan fingerprint density at radius 1 is 0.857 bits per heavy atom. The molecule has 8 heteroatoms. The van der Waals surface area contributed by atoms with E-state index in [9.17, 15) is 21.6 Å². The van der Waals surface area contributed by atoms with Crippen molar-refractivity contribution in [2.45, 2.75) is 37.8 Å². The van der Waals surface area contributed by atoms with Gasteiger partial charge in [0.25, 0.3) is 0 Å². The number of fused-ring (bicyclic) bond motifs is 2. The number of nitrogens with zero attached hydrogens (tertiary/aromatic N) is 1. The van der Waals surface area contributed by atoms with Crippen molar-refractivity contribution < 1.29 is 21.6 Å². The van der Waals surface area contributed by atoms with Gasteiger partial charge in [0.1, 0.15) is 0 Å². The minimum atomic E-state index is -4.54. The lowest BCUT2D eigenvalue weighted by atomic mass is 9.76. The number of hydrogen-bond acceptors (Lipinski definition) is 2. The van der Waals surface area contributed by atoms with Gasteiger partial charge in [-0.05, 0) is 72.1 Å². The van der Waals surface area contributed by atoms with E-state index >= 15 is 0 Å². The highest BCUT2D eigenvalue weighted by atomic mass is 32.2. The molecule has 1 atom stereocenters. The van der Waals surface area contributed by atoms with Gasteiger partial charge in [-0.2, -0.15) is 25.9 Å². The topological polar surface area (TPSA) is 49.4 Å². The van der Waals surface area contributed by atoms with Crippen molar-refractivity contribution in [1.29, 1.82) is 0 Å². The van der Waals surface area contributed by atoms with E-state index in [-0.39, 0.29) is 17.5 Å². The minimum Gasteiger partial charge on any atom is -0.271 e. The van der Waals surface area contributed by atoms with Crippen LogP contribution in [0.4, 0.5) is 18.9 Å². The van der Waals surface area contributed by atoms with Crippen LogP contribution >= 0.6 is 0 Å². The average molecular weight is 501 g/mol. The lowest BCUT2D eigenvalue weighted by molar-refractivity contribution is -0.137. The molecule has 1 heterocycles.